The van der Waals surface area contributed by atoms with Crippen molar-refractivity contribution in [2.45, 2.75) is 51.6 Å². The van der Waals surface area contributed by atoms with Gasteiger partial charge in [0.1, 0.15) is 0 Å². The first-order valence-electron chi connectivity index (χ1n) is 8.22. The fourth-order valence-corrected chi connectivity index (χ4v) is 4.70. The number of nitrogens with two attached hydrogens (primary N) is 1. The Morgan fingerprint density at radius 3 is 2.61 bits per heavy atom. The third-order valence-corrected chi connectivity index (χ3v) is 5.82. The lowest BCUT2D eigenvalue weighted by Crippen LogP contribution is -2.40. The maximum Gasteiger partial charge on any atom is 0.210 e. The SMILES string of the molecule is Cc1cc(C(=O)CN2CCC[C@H]2CS(N)(=O)=O)c(C)n1C1CC1. The molecule has 0 unspecified atom stereocenters. The molecule has 7 heteroatoms. The van der Waals surface area contributed by atoms with E-state index in [0.29, 0.717) is 6.04 Å². The van der Waals surface area contributed by atoms with Crippen molar-refractivity contribution in [1.29, 1.82) is 0 Å². The summed E-state index contributed by atoms with van der Waals surface area (Å²) in [6, 6.07) is 2.39. The normalized spacial score (nSPS) is 22.7. The van der Waals surface area contributed by atoms with Crippen LogP contribution in [0.2, 0.25) is 0 Å². The molecule has 1 aromatic rings. The van der Waals surface area contributed by atoms with E-state index in [1.165, 1.54) is 12.8 Å². The van der Waals surface area contributed by atoms with Crippen molar-refractivity contribution >= 4 is 15.8 Å². The molecule has 0 spiro atoms. The number of ketones is 1. The van der Waals surface area contributed by atoms with Gasteiger partial charge in [0, 0.05) is 29.0 Å². The number of carbonyl (C=O) groups is 1. The van der Waals surface area contributed by atoms with Crippen molar-refractivity contribution in [3.05, 3.63) is 23.0 Å². The van der Waals surface area contributed by atoms with Crippen LogP contribution in [-0.2, 0) is 10.0 Å². The summed E-state index contributed by atoms with van der Waals surface area (Å²) >= 11 is 0. The minimum Gasteiger partial charge on any atom is -0.345 e. The largest absolute Gasteiger partial charge is 0.345 e. The fraction of sp³-hybridized carbons (Fsp3) is 0.688. The number of Topliss-reactive ketones (excluding diaryl/α,β-unsaturated/α-hetero) is 1. The number of primary sulfonamides is 1. The van der Waals surface area contributed by atoms with Crippen molar-refractivity contribution in [2.24, 2.45) is 5.14 Å². The second kappa shape index (κ2) is 6.03. The first-order valence-corrected chi connectivity index (χ1v) is 9.94. The van der Waals surface area contributed by atoms with E-state index < -0.39 is 10.0 Å². The number of sulfonamides is 1. The second-order valence-electron chi connectivity index (χ2n) is 6.91. The summed E-state index contributed by atoms with van der Waals surface area (Å²) in [4.78, 5) is 14.7. The number of aryl methyl sites for hydroxylation is 1. The zero-order valence-corrected chi connectivity index (χ0v) is 14.6. The number of aromatic nitrogens is 1. The molecule has 1 aliphatic carbocycles. The van der Waals surface area contributed by atoms with Crippen LogP contribution >= 0.6 is 0 Å². The van der Waals surface area contributed by atoms with Gasteiger partial charge in [-0.05, 0) is 52.1 Å². The van der Waals surface area contributed by atoms with E-state index >= 15 is 0 Å². The van der Waals surface area contributed by atoms with Crippen LogP contribution in [0.4, 0.5) is 0 Å². The maximum absolute atomic E-state index is 12.7. The minimum absolute atomic E-state index is 0.0681. The van der Waals surface area contributed by atoms with Crippen LogP contribution in [0.15, 0.2) is 6.07 Å². The van der Waals surface area contributed by atoms with Gasteiger partial charge in [-0.25, -0.2) is 13.6 Å². The number of carbonyl (C=O) groups excluding carboxylic acids is 1. The van der Waals surface area contributed by atoms with Gasteiger partial charge in [-0.15, -0.1) is 0 Å². The molecular formula is C16H25N3O3S. The summed E-state index contributed by atoms with van der Waals surface area (Å²) in [7, 11) is -3.51. The molecule has 1 atom stereocenters. The predicted molar refractivity (Wildman–Crippen MR) is 89.1 cm³/mol. The van der Waals surface area contributed by atoms with Crippen LogP contribution in [0.5, 0.6) is 0 Å². The zero-order chi connectivity index (χ0) is 16.8. The molecule has 3 rings (SSSR count). The van der Waals surface area contributed by atoms with Crippen LogP contribution in [0.3, 0.4) is 0 Å². The van der Waals surface area contributed by atoms with E-state index in [4.69, 9.17) is 5.14 Å². The molecular weight excluding hydrogens is 314 g/mol. The van der Waals surface area contributed by atoms with Crippen LogP contribution < -0.4 is 5.14 Å². The molecule has 23 heavy (non-hydrogen) atoms. The van der Waals surface area contributed by atoms with Gasteiger partial charge in [0.05, 0.1) is 12.3 Å². The van der Waals surface area contributed by atoms with Crippen molar-refractivity contribution in [1.82, 2.24) is 9.47 Å². The number of rotatable bonds is 6. The van der Waals surface area contributed by atoms with Crippen molar-refractivity contribution in [2.75, 3.05) is 18.8 Å². The molecule has 2 heterocycles. The molecule has 0 radical (unpaired) electrons. The Morgan fingerprint density at radius 1 is 1.30 bits per heavy atom. The summed E-state index contributed by atoms with van der Waals surface area (Å²) in [6.07, 6.45) is 4.07. The fourth-order valence-electron chi connectivity index (χ4n) is 3.78. The Kier molecular flexibility index (Phi) is 4.37. The molecule has 2 fully saturated rings. The van der Waals surface area contributed by atoms with Gasteiger partial charge in [-0.3, -0.25) is 9.69 Å². The second-order valence-corrected chi connectivity index (χ2v) is 8.56. The smallest absolute Gasteiger partial charge is 0.210 e. The Hall–Kier alpha value is -1.18. The summed E-state index contributed by atoms with van der Waals surface area (Å²) < 4.78 is 24.9. The minimum atomic E-state index is -3.51. The van der Waals surface area contributed by atoms with E-state index in [-0.39, 0.29) is 24.1 Å². The van der Waals surface area contributed by atoms with Crippen molar-refractivity contribution in [3.8, 4) is 0 Å². The number of nitrogens with zero attached hydrogens (tertiary/aromatic N) is 2. The molecule has 1 saturated carbocycles. The monoisotopic (exact) mass is 339 g/mol. The Bertz CT molecular complexity index is 719. The lowest BCUT2D eigenvalue weighted by Gasteiger charge is -2.22. The summed E-state index contributed by atoms with van der Waals surface area (Å²) in [5.41, 5.74) is 2.95. The zero-order valence-electron chi connectivity index (χ0n) is 13.8. The maximum atomic E-state index is 12.7. The lowest BCUT2D eigenvalue weighted by atomic mass is 10.1. The third-order valence-electron chi connectivity index (χ3n) is 4.97. The third kappa shape index (κ3) is 3.67. The first-order chi connectivity index (χ1) is 10.8. The molecule has 0 bridgehead atoms. The van der Waals surface area contributed by atoms with Crippen LogP contribution in [0.1, 0.15) is 53.5 Å². The van der Waals surface area contributed by atoms with Gasteiger partial charge >= 0.3 is 0 Å². The highest BCUT2D eigenvalue weighted by atomic mass is 32.2. The molecule has 6 nitrogen and oxygen atoms in total. The average molecular weight is 339 g/mol. The molecule has 1 aromatic heterocycles. The highest BCUT2D eigenvalue weighted by Crippen LogP contribution is 2.38. The topological polar surface area (TPSA) is 85.4 Å². The van der Waals surface area contributed by atoms with E-state index in [2.05, 4.69) is 4.57 Å². The van der Waals surface area contributed by atoms with E-state index in [1.54, 1.807) is 0 Å². The van der Waals surface area contributed by atoms with Gasteiger partial charge in [-0.1, -0.05) is 0 Å². The number of hydrogen-bond donors (Lipinski definition) is 1. The van der Waals surface area contributed by atoms with E-state index in [1.807, 2.05) is 24.8 Å². The number of likely N-dealkylation sites (tertiary alicyclic amines) is 1. The molecule has 0 aromatic carbocycles. The van der Waals surface area contributed by atoms with E-state index in [9.17, 15) is 13.2 Å². The van der Waals surface area contributed by atoms with Crippen LogP contribution in [0, 0.1) is 13.8 Å². The quantitative estimate of drug-likeness (QED) is 0.793. The molecule has 2 aliphatic rings. The molecule has 1 aliphatic heterocycles. The molecule has 128 valence electrons. The van der Waals surface area contributed by atoms with Crippen LogP contribution in [0.25, 0.3) is 0 Å². The Morgan fingerprint density at radius 2 is 2.00 bits per heavy atom. The lowest BCUT2D eigenvalue weighted by molar-refractivity contribution is 0.0926. The summed E-state index contributed by atoms with van der Waals surface area (Å²) in [5, 5.41) is 5.16. The summed E-state index contributed by atoms with van der Waals surface area (Å²) in [5.74, 6) is 0.00722. The van der Waals surface area contributed by atoms with Gasteiger partial charge in [0.25, 0.3) is 0 Å². The van der Waals surface area contributed by atoms with Crippen LogP contribution in [-0.4, -0.2) is 48.6 Å². The molecule has 0 amide bonds. The average Bonchev–Trinajstić information content (AvgIpc) is 3.10. The highest BCUT2D eigenvalue weighted by molar-refractivity contribution is 7.89. The van der Waals surface area contributed by atoms with Gasteiger partial charge in [0.2, 0.25) is 10.0 Å². The van der Waals surface area contributed by atoms with Gasteiger partial charge in [0.15, 0.2) is 5.78 Å². The van der Waals surface area contributed by atoms with Gasteiger partial charge in [-0.2, -0.15) is 0 Å². The highest BCUT2D eigenvalue weighted by Gasteiger charge is 2.32. The van der Waals surface area contributed by atoms with Crippen molar-refractivity contribution in [3.63, 3.8) is 0 Å². The predicted octanol–water partition coefficient (Wildman–Crippen LogP) is 1.38. The molecule has 1 saturated heterocycles. The summed E-state index contributed by atoms with van der Waals surface area (Å²) in [6.45, 7) is 5.08. The first kappa shape index (κ1) is 16.7. The molecule has 2 N–H and O–H groups in total. The van der Waals surface area contributed by atoms with Gasteiger partial charge < -0.3 is 4.57 Å². The Balaban J connectivity index is 1.73. The van der Waals surface area contributed by atoms with E-state index in [0.717, 1.165) is 36.3 Å². The standard InChI is InChI=1S/C16H25N3O3S/c1-11-8-15(12(2)19(11)13-5-6-13)16(20)9-18-7-3-4-14(18)10-23(17,21)22/h8,13-14H,3-7,9-10H2,1-2H3,(H2,17,21,22)/t14-/m0/s1. The number of hydrogen-bond acceptors (Lipinski definition) is 4. The van der Waals surface area contributed by atoms with Crippen molar-refractivity contribution < 1.29 is 13.2 Å². The Labute approximate surface area is 137 Å².